The van der Waals surface area contributed by atoms with Crippen molar-refractivity contribution in [1.29, 1.82) is 0 Å². The van der Waals surface area contributed by atoms with Gasteiger partial charge in [-0.25, -0.2) is 15.8 Å². The fourth-order valence-corrected chi connectivity index (χ4v) is 3.57. The van der Waals surface area contributed by atoms with E-state index in [1.807, 2.05) is 6.92 Å². The summed E-state index contributed by atoms with van der Waals surface area (Å²) in [5.41, 5.74) is 2.50. The van der Waals surface area contributed by atoms with Crippen molar-refractivity contribution in [3.8, 4) is 0 Å². The molecule has 0 saturated carbocycles. The summed E-state index contributed by atoms with van der Waals surface area (Å²) < 4.78 is 0. The predicted molar refractivity (Wildman–Crippen MR) is 77.0 cm³/mol. The Morgan fingerprint density at radius 2 is 2.33 bits per heavy atom. The molecule has 5 nitrogen and oxygen atoms in total. The highest BCUT2D eigenvalue weighted by Crippen LogP contribution is 2.34. The Bertz CT molecular complexity index is 543. The Morgan fingerprint density at radius 3 is 3.00 bits per heavy atom. The van der Waals surface area contributed by atoms with E-state index in [1.54, 1.807) is 23.1 Å². The molecular formula is C11H16N4OS2. The third-order valence-electron chi connectivity index (χ3n) is 2.46. The van der Waals surface area contributed by atoms with Gasteiger partial charge >= 0.3 is 0 Å². The van der Waals surface area contributed by atoms with Crippen molar-refractivity contribution >= 4 is 39.3 Å². The summed E-state index contributed by atoms with van der Waals surface area (Å²) in [6.45, 7) is 4.31. The zero-order valence-electron chi connectivity index (χ0n) is 10.3. The van der Waals surface area contributed by atoms with Gasteiger partial charge in [-0.3, -0.25) is 5.43 Å². The highest BCUT2D eigenvalue weighted by atomic mass is 32.2. The quantitative estimate of drug-likeness (QED) is 0.338. The van der Waals surface area contributed by atoms with Crippen molar-refractivity contribution in [1.82, 2.24) is 9.97 Å². The van der Waals surface area contributed by atoms with Crippen LogP contribution in [0, 0.1) is 6.92 Å². The van der Waals surface area contributed by atoms with E-state index in [4.69, 9.17) is 10.9 Å². The maximum absolute atomic E-state index is 8.96. The fourth-order valence-electron chi connectivity index (χ4n) is 1.60. The van der Waals surface area contributed by atoms with Gasteiger partial charge in [0.1, 0.15) is 9.86 Å². The first-order valence-electron chi connectivity index (χ1n) is 5.66. The third kappa shape index (κ3) is 2.92. The van der Waals surface area contributed by atoms with Crippen molar-refractivity contribution < 1.29 is 5.11 Å². The number of hydrazine groups is 1. The van der Waals surface area contributed by atoms with E-state index < -0.39 is 0 Å². The molecule has 2 rings (SSSR count). The standard InChI is InChI=1S/C11H16N4OS2/c1-6(3-4-16)17-9-8-5-7(2)18-10(8)14-11(13-9)15-12/h5-6,16H,3-4,12H2,1-2H3,(H,13,14,15). The minimum Gasteiger partial charge on any atom is -0.396 e. The highest BCUT2D eigenvalue weighted by Gasteiger charge is 2.13. The number of aryl methyl sites for hydroxylation is 1. The normalized spacial score (nSPS) is 12.9. The summed E-state index contributed by atoms with van der Waals surface area (Å²) in [6, 6.07) is 2.09. The summed E-state index contributed by atoms with van der Waals surface area (Å²) in [7, 11) is 0. The van der Waals surface area contributed by atoms with Crippen molar-refractivity contribution in [2.45, 2.75) is 30.5 Å². The maximum Gasteiger partial charge on any atom is 0.239 e. The summed E-state index contributed by atoms with van der Waals surface area (Å²) in [4.78, 5) is 10.9. The lowest BCUT2D eigenvalue weighted by Crippen LogP contribution is -2.11. The Labute approximate surface area is 114 Å². The molecule has 18 heavy (non-hydrogen) atoms. The maximum atomic E-state index is 8.96. The number of aromatic nitrogens is 2. The first kappa shape index (κ1) is 13.5. The minimum absolute atomic E-state index is 0.188. The number of fused-ring (bicyclic) bond motifs is 1. The van der Waals surface area contributed by atoms with Gasteiger partial charge in [-0.1, -0.05) is 6.92 Å². The summed E-state index contributed by atoms with van der Waals surface area (Å²) in [5, 5.41) is 11.2. The van der Waals surface area contributed by atoms with Crippen LogP contribution in [0.3, 0.4) is 0 Å². The largest absolute Gasteiger partial charge is 0.396 e. The van der Waals surface area contributed by atoms with E-state index in [9.17, 15) is 0 Å². The average Bonchev–Trinajstić information content (AvgIpc) is 2.69. The van der Waals surface area contributed by atoms with E-state index in [0.29, 0.717) is 11.2 Å². The molecule has 0 saturated heterocycles. The number of hydrogen-bond acceptors (Lipinski definition) is 7. The van der Waals surface area contributed by atoms with Crippen LogP contribution in [0.1, 0.15) is 18.2 Å². The first-order chi connectivity index (χ1) is 8.63. The minimum atomic E-state index is 0.188. The zero-order valence-corrected chi connectivity index (χ0v) is 11.9. The van der Waals surface area contributed by atoms with Crippen LogP contribution in [0.5, 0.6) is 0 Å². The highest BCUT2D eigenvalue weighted by molar-refractivity contribution is 8.00. The number of nitrogen functional groups attached to an aromatic ring is 1. The molecule has 0 radical (unpaired) electrons. The van der Waals surface area contributed by atoms with Gasteiger partial charge in [0.05, 0.1) is 0 Å². The molecule has 7 heteroatoms. The van der Waals surface area contributed by atoms with Crippen LogP contribution in [0.25, 0.3) is 10.2 Å². The van der Waals surface area contributed by atoms with E-state index in [2.05, 4.69) is 28.4 Å². The van der Waals surface area contributed by atoms with Crippen LogP contribution >= 0.6 is 23.1 Å². The van der Waals surface area contributed by atoms with Gasteiger partial charge in [0.15, 0.2) is 0 Å². The number of thioether (sulfide) groups is 1. The van der Waals surface area contributed by atoms with Crippen LogP contribution in [-0.2, 0) is 0 Å². The predicted octanol–water partition coefficient (Wildman–Crippen LogP) is 2.15. The Morgan fingerprint density at radius 1 is 1.56 bits per heavy atom. The molecule has 4 N–H and O–H groups in total. The third-order valence-corrected chi connectivity index (χ3v) is 4.58. The smallest absolute Gasteiger partial charge is 0.239 e. The topological polar surface area (TPSA) is 84.1 Å². The van der Waals surface area contributed by atoms with Gasteiger partial charge in [0, 0.05) is 22.1 Å². The molecule has 0 aliphatic heterocycles. The van der Waals surface area contributed by atoms with Crippen molar-refractivity contribution in [2.75, 3.05) is 12.0 Å². The molecule has 98 valence electrons. The van der Waals surface area contributed by atoms with Crippen molar-refractivity contribution in [3.05, 3.63) is 10.9 Å². The first-order valence-corrected chi connectivity index (χ1v) is 7.36. The number of aliphatic hydroxyl groups excluding tert-OH is 1. The number of nitrogens with zero attached hydrogens (tertiary/aromatic N) is 2. The number of thiophene rings is 1. The molecule has 0 aliphatic rings. The molecule has 0 spiro atoms. The van der Waals surface area contributed by atoms with Crippen LogP contribution in [0.15, 0.2) is 11.1 Å². The number of nitrogens with two attached hydrogens (primary N) is 1. The van der Waals surface area contributed by atoms with E-state index >= 15 is 0 Å². The molecular weight excluding hydrogens is 268 g/mol. The molecule has 0 amide bonds. The summed E-state index contributed by atoms with van der Waals surface area (Å²) >= 11 is 3.27. The fraction of sp³-hybridized carbons (Fsp3) is 0.455. The van der Waals surface area contributed by atoms with E-state index in [-0.39, 0.29) is 6.61 Å². The Hall–Kier alpha value is -0.890. The number of anilines is 1. The van der Waals surface area contributed by atoms with Crippen LogP contribution in [0.2, 0.25) is 0 Å². The van der Waals surface area contributed by atoms with Gasteiger partial charge in [0.2, 0.25) is 5.95 Å². The molecule has 2 heterocycles. The van der Waals surface area contributed by atoms with Gasteiger partial charge < -0.3 is 5.11 Å². The molecule has 2 aromatic heterocycles. The van der Waals surface area contributed by atoms with Crippen LogP contribution in [0.4, 0.5) is 5.95 Å². The number of nitrogens with one attached hydrogen (secondary N) is 1. The molecule has 0 bridgehead atoms. The van der Waals surface area contributed by atoms with E-state index in [1.165, 1.54) is 4.88 Å². The molecule has 1 unspecified atom stereocenters. The number of rotatable bonds is 5. The lowest BCUT2D eigenvalue weighted by atomic mass is 10.3. The second kappa shape index (κ2) is 5.83. The van der Waals surface area contributed by atoms with Gasteiger partial charge in [0.25, 0.3) is 0 Å². The monoisotopic (exact) mass is 284 g/mol. The number of aliphatic hydroxyl groups is 1. The average molecular weight is 284 g/mol. The molecule has 0 aromatic carbocycles. The lowest BCUT2D eigenvalue weighted by Gasteiger charge is -2.10. The van der Waals surface area contributed by atoms with Crippen LogP contribution in [-0.4, -0.2) is 26.9 Å². The molecule has 1 atom stereocenters. The number of hydrogen-bond donors (Lipinski definition) is 3. The van der Waals surface area contributed by atoms with Gasteiger partial charge in [-0.05, 0) is 19.4 Å². The molecule has 0 fully saturated rings. The van der Waals surface area contributed by atoms with Crippen molar-refractivity contribution in [3.63, 3.8) is 0 Å². The zero-order chi connectivity index (χ0) is 13.1. The second-order valence-corrected chi connectivity index (χ2v) is 6.68. The summed E-state index contributed by atoms with van der Waals surface area (Å²) in [5.74, 6) is 5.82. The SMILES string of the molecule is Cc1cc2c(SC(C)CCO)nc(NN)nc2s1. The van der Waals surface area contributed by atoms with Crippen LogP contribution < -0.4 is 11.3 Å². The second-order valence-electron chi connectivity index (χ2n) is 4.01. The Kier molecular flexibility index (Phi) is 4.39. The van der Waals surface area contributed by atoms with Gasteiger partial charge in [-0.15, -0.1) is 23.1 Å². The molecule has 0 aliphatic carbocycles. The van der Waals surface area contributed by atoms with E-state index in [0.717, 1.165) is 21.7 Å². The Balaban J connectivity index is 2.40. The van der Waals surface area contributed by atoms with Crippen molar-refractivity contribution in [2.24, 2.45) is 5.84 Å². The van der Waals surface area contributed by atoms with Gasteiger partial charge in [-0.2, -0.15) is 0 Å². The summed E-state index contributed by atoms with van der Waals surface area (Å²) in [6.07, 6.45) is 0.741. The molecule has 2 aromatic rings. The lowest BCUT2D eigenvalue weighted by molar-refractivity contribution is 0.289.